The molecule has 3 fully saturated rings. The molecule has 2 aliphatic heterocycles. The van der Waals surface area contributed by atoms with Crippen LogP contribution in [-0.4, -0.2) is 63.5 Å². The Morgan fingerprint density at radius 1 is 0.872 bits per heavy atom. The minimum atomic E-state index is -0.840. The SMILES string of the molecule is CCCCN1C(=O)[C@@H](CC2(O)CCCCC2)NC(=O)C12CCN(Cc1ccc(Cc3ccccc3)cc1)CC2. The number of nitrogens with one attached hydrogen (secondary N) is 1. The molecule has 39 heavy (non-hydrogen) atoms. The number of amides is 2. The van der Waals surface area contributed by atoms with Gasteiger partial charge < -0.3 is 15.3 Å². The van der Waals surface area contributed by atoms with Gasteiger partial charge in [0, 0.05) is 32.6 Å². The molecule has 1 aliphatic carbocycles. The summed E-state index contributed by atoms with van der Waals surface area (Å²) in [7, 11) is 0. The molecule has 210 valence electrons. The average Bonchev–Trinajstić information content (AvgIpc) is 2.95. The molecule has 0 radical (unpaired) electrons. The molecule has 2 saturated heterocycles. The van der Waals surface area contributed by atoms with Gasteiger partial charge in [-0.05, 0) is 55.2 Å². The Morgan fingerprint density at radius 3 is 2.18 bits per heavy atom. The lowest BCUT2D eigenvalue weighted by Crippen LogP contribution is -2.73. The molecule has 5 rings (SSSR count). The van der Waals surface area contributed by atoms with Crippen LogP contribution in [0.25, 0.3) is 0 Å². The number of benzene rings is 2. The number of carbonyl (C=O) groups is 2. The number of piperidine rings is 1. The Bertz CT molecular complexity index is 1100. The zero-order valence-corrected chi connectivity index (χ0v) is 23.5. The fourth-order valence-electron chi connectivity index (χ4n) is 6.88. The molecule has 0 bridgehead atoms. The predicted octanol–water partition coefficient (Wildman–Crippen LogP) is 4.82. The number of unbranched alkanes of at least 4 members (excludes halogenated alkanes) is 1. The topological polar surface area (TPSA) is 72.9 Å². The molecule has 2 N–H and O–H groups in total. The van der Waals surface area contributed by atoms with Gasteiger partial charge in [-0.15, -0.1) is 0 Å². The molecule has 6 nitrogen and oxygen atoms in total. The second-order valence-electron chi connectivity index (χ2n) is 12.1. The highest BCUT2D eigenvalue weighted by Gasteiger charge is 2.54. The molecule has 2 aromatic carbocycles. The van der Waals surface area contributed by atoms with Gasteiger partial charge in [-0.25, -0.2) is 0 Å². The lowest BCUT2D eigenvalue weighted by atomic mass is 9.77. The van der Waals surface area contributed by atoms with E-state index < -0.39 is 17.2 Å². The number of aliphatic hydroxyl groups is 1. The monoisotopic (exact) mass is 531 g/mol. The summed E-state index contributed by atoms with van der Waals surface area (Å²) in [5.74, 6) is -0.0166. The number of hydrogen-bond donors (Lipinski definition) is 2. The van der Waals surface area contributed by atoms with Crippen LogP contribution in [0.1, 0.15) is 87.8 Å². The van der Waals surface area contributed by atoms with E-state index in [1.54, 1.807) is 0 Å². The van der Waals surface area contributed by atoms with Crippen molar-refractivity contribution in [2.75, 3.05) is 19.6 Å². The molecule has 0 unspecified atom stereocenters. The van der Waals surface area contributed by atoms with E-state index in [-0.39, 0.29) is 11.8 Å². The third-order valence-electron chi connectivity index (χ3n) is 9.28. The maximum atomic E-state index is 13.8. The molecule has 1 spiro atoms. The largest absolute Gasteiger partial charge is 0.390 e. The fraction of sp³-hybridized carbons (Fsp3) is 0.576. The van der Waals surface area contributed by atoms with Crippen LogP contribution in [0, 0.1) is 0 Å². The van der Waals surface area contributed by atoms with Gasteiger partial charge in [0.15, 0.2) is 0 Å². The van der Waals surface area contributed by atoms with Crippen LogP contribution >= 0.6 is 0 Å². The van der Waals surface area contributed by atoms with Crippen molar-refractivity contribution in [3.8, 4) is 0 Å². The van der Waals surface area contributed by atoms with Crippen molar-refractivity contribution in [2.24, 2.45) is 0 Å². The molecular formula is C33H45N3O3. The van der Waals surface area contributed by atoms with Gasteiger partial charge >= 0.3 is 0 Å². The van der Waals surface area contributed by atoms with E-state index in [2.05, 4.69) is 65.7 Å². The van der Waals surface area contributed by atoms with E-state index in [4.69, 9.17) is 0 Å². The van der Waals surface area contributed by atoms with Crippen molar-refractivity contribution in [2.45, 2.75) is 101 Å². The Labute approximate surface area is 233 Å². The van der Waals surface area contributed by atoms with Crippen molar-refractivity contribution in [3.05, 3.63) is 71.3 Å². The van der Waals surface area contributed by atoms with E-state index in [9.17, 15) is 14.7 Å². The molecule has 2 amide bonds. The number of carbonyl (C=O) groups excluding carboxylic acids is 2. The molecule has 6 heteroatoms. The summed E-state index contributed by atoms with van der Waals surface area (Å²) < 4.78 is 0. The van der Waals surface area contributed by atoms with Crippen molar-refractivity contribution < 1.29 is 14.7 Å². The van der Waals surface area contributed by atoms with Crippen LogP contribution < -0.4 is 5.32 Å². The van der Waals surface area contributed by atoms with Crippen LogP contribution in [0.3, 0.4) is 0 Å². The quantitative estimate of drug-likeness (QED) is 0.487. The van der Waals surface area contributed by atoms with Gasteiger partial charge in [-0.3, -0.25) is 14.5 Å². The van der Waals surface area contributed by atoms with Crippen LogP contribution in [0.5, 0.6) is 0 Å². The highest BCUT2D eigenvalue weighted by molar-refractivity contribution is 6.00. The Hall–Kier alpha value is -2.70. The second-order valence-corrected chi connectivity index (χ2v) is 12.1. The first-order chi connectivity index (χ1) is 18.9. The summed E-state index contributed by atoms with van der Waals surface area (Å²) >= 11 is 0. The molecule has 2 heterocycles. The van der Waals surface area contributed by atoms with Gasteiger partial charge in [-0.1, -0.05) is 87.2 Å². The molecule has 2 aromatic rings. The van der Waals surface area contributed by atoms with Gasteiger partial charge in [0.05, 0.1) is 5.60 Å². The number of likely N-dealkylation sites (tertiary alicyclic amines) is 1. The van der Waals surface area contributed by atoms with Crippen LogP contribution in [0.2, 0.25) is 0 Å². The first-order valence-electron chi connectivity index (χ1n) is 15.1. The van der Waals surface area contributed by atoms with E-state index in [0.29, 0.717) is 25.8 Å². The predicted molar refractivity (Wildman–Crippen MR) is 154 cm³/mol. The number of nitrogens with zero attached hydrogens (tertiary/aromatic N) is 2. The van der Waals surface area contributed by atoms with E-state index in [1.807, 2.05) is 11.0 Å². The lowest BCUT2D eigenvalue weighted by molar-refractivity contribution is -0.163. The summed E-state index contributed by atoms with van der Waals surface area (Å²) in [6.07, 6.45) is 8.97. The number of hydrogen-bond acceptors (Lipinski definition) is 4. The van der Waals surface area contributed by atoms with Crippen molar-refractivity contribution in [1.29, 1.82) is 0 Å². The molecule has 1 saturated carbocycles. The zero-order valence-electron chi connectivity index (χ0n) is 23.5. The van der Waals surface area contributed by atoms with Gasteiger partial charge in [-0.2, -0.15) is 0 Å². The fourth-order valence-corrected chi connectivity index (χ4v) is 6.88. The minimum absolute atomic E-state index is 0.00417. The average molecular weight is 532 g/mol. The van der Waals surface area contributed by atoms with Gasteiger partial charge in [0.2, 0.25) is 11.8 Å². The highest BCUT2D eigenvalue weighted by Crippen LogP contribution is 2.37. The summed E-state index contributed by atoms with van der Waals surface area (Å²) in [5, 5.41) is 14.2. The van der Waals surface area contributed by atoms with Crippen molar-refractivity contribution in [3.63, 3.8) is 0 Å². The normalized spacial score (nSPS) is 23.1. The van der Waals surface area contributed by atoms with Crippen molar-refractivity contribution >= 4 is 11.8 Å². The van der Waals surface area contributed by atoms with E-state index in [0.717, 1.165) is 71.0 Å². The molecular weight excluding hydrogens is 486 g/mol. The number of rotatable bonds is 9. The molecule has 1 atom stereocenters. The number of piperazine rings is 1. The summed E-state index contributed by atoms with van der Waals surface area (Å²) in [4.78, 5) is 31.8. The maximum Gasteiger partial charge on any atom is 0.246 e. The first kappa shape index (κ1) is 27.9. The van der Waals surface area contributed by atoms with Crippen LogP contribution in [-0.2, 0) is 22.6 Å². The highest BCUT2D eigenvalue weighted by atomic mass is 16.3. The Kier molecular flexibility index (Phi) is 8.73. The first-order valence-corrected chi connectivity index (χ1v) is 15.1. The summed E-state index contributed by atoms with van der Waals surface area (Å²) in [5.41, 5.74) is 2.28. The van der Waals surface area contributed by atoms with Crippen molar-refractivity contribution in [1.82, 2.24) is 15.1 Å². The molecule has 3 aliphatic rings. The molecule has 0 aromatic heterocycles. The standard InChI is InChI=1S/C33H45N3O3/c1-2-3-20-36-30(37)29(24-32(39)16-8-5-9-17-32)34-31(38)33(36)18-21-35(22-19-33)25-28-14-12-27(13-15-28)23-26-10-6-4-7-11-26/h4,6-7,10-15,29,39H,2-3,5,8-9,16-25H2,1H3,(H,34,38)/t29-/m1/s1. The summed E-state index contributed by atoms with van der Waals surface area (Å²) in [6.45, 7) is 5.15. The van der Waals surface area contributed by atoms with Crippen LogP contribution in [0.15, 0.2) is 54.6 Å². The van der Waals surface area contributed by atoms with Gasteiger partial charge in [0.1, 0.15) is 11.6 Å². The third kappa shape index (κ3) is 6.38. The van der Waals surface area contributed by atoms with E-state index >= 15 is 0 Å². The smallest absolute Gasteiger partial charge is 0.246 e. The van der Waals surface area contributed by atoms with Gasteiger partial charge in [0.25, 0.3) is 0 Å². The Morgan fingerprint density at radius 2 is 1.51 bits per heavy atom. The maximum absolute atomic E-state index is 13.8. The lowest BCUT2D eigenvalue weighted by Gasteiger charge is -2.52. The second kappa shape index (κ2) is 12.2. The van der Waals surface area contributed by atoms with Crippen LogP contribution in [0.4, 0.5) is 0 Å². The Balaban J connectivity index is 1.21. The third-order valence-corrected chi connectivity index (χ3v) is 9.28. The minimum Gasteiger partial charge on any atom is -0.390 e. The summed E-state index contributed by atoms with van der Waals surface area (Å²) in [6, 6.07) is 18.8. The van der Waals surface area contributed by atoms with E-state index in [1.165, 1.54) is 16.7 Å². The zero-order chi connectivity index (χ0) is 27.3.